The Morgan fingerprint density at radius 2 is 1.85 bits per heavy atom. The number of ether oxygens (including phenoxy) is 2. The van der Waals surface area contributed by atoms with Gasteiger partial charge in [-0.25, -0.2) is 0 Å². The first kappa shape index (κ1) is 29.4. The number of nitrogens with one attached hydrogen (secondary N) is 3. The minimum Gasteiger partial charge on any atom is -0.381 e. The Morgan fingerprint density at radius 1 is 1.05 bits per heavy atom. The van der Waals surface area contributed by atoms with Gasteiger partial charge in [-0.05, 0) is 63.7 Å². The number of amides is 2. The molecule has 0 aromatic carbocycles. The molecule has 9 nitrogen and oxygen atoms in total. The molecule has 11 heteroatoms. The van der Waals surface area contributed by atoms with Crippen LogP contribution in [0, 0.1) is 40.9 Å². The Labute approximate surface area is 241 Å². The average Bonchev–Trinajstić information content (AvgIpc) is 3.51. The van der Waals surface area contributed by atoms with Crippen LogP contribution in [0.4, 0.5) is 0 Å². The van der Waals surface area contributed by atoms with E-state index < -0.39 is 0 Å². The Kier molecular flexibility index (Phi) is 9.67. The SMILES string of the molecule is COC1CC(C(=O)N2CC3NC(NC(=O)C4CNC(C)CC4C4CC(C#N)CCC4OC)SC3C2)CCC1Cl. The van der Waals surface area contributed by atoms with Gasteiger partial charge in [0.05, 0.1) is 29.6 Å². The van der Waals surface area contributed by atoms with Gasteiger partial charge in [-0.3, -0.25) is 14.9 Å². The van der Waals surface area contributed by atoms with Gasteiger partial charge in [-0.2, -0.15) is 5.26 Å². The van der Waals surface area contributed by atoms with Crippen molar-refractivity contribution in [1.82, 2.24) is 20.9 Å². The van der Waals surface area contributed by atoms with Gasteiger partial charge in [0, 0.05) is 63.0 Å². The van der Waals surface area contributed by atoms with Crippen LogP contribution in [0.25, 0.3) is 0 Å². The zero-order chi connectivity index (χ0) is 27.7. The van der Waals surface area contributed by atoms with E-state index in [4.69, 9.17) is 21.1 Å². The van der Waals surface area contributed by atoms with Crippen LogP contribution in [0.15, 0.2) is 0 Å². The van der Waals surface area contributed by atoms with E-state index in [0.29, 0.717) is 32.1 Å². The van der Waals surface area contributed by atoms with Crippen LogP contribution in [-0.2, 0) is 19.1 Å². The summed E-state index contributed by atoms with van der Waals surface area (Å²) in [5.41, 5.74) is -0.161. The van der Waals surface area contributed by atoms with Gasteiger partial charge in [-0.1, -0.05) is 0 Å². The number of alkyl halides is 1. The first-order valence-electron chi connectivity index (χ1n) is 14.6. The number of nitriles is 1. The molecule has 3 N–H and O–H groups in total. The van der Waals surface area contributed by atoms with Crippen LogP contribution >= 0.6 is 23.4 Å². The number of hydrogen-bond donors (Lipinski definition) is 3. The number of thioether (sulfide) groups is 1. The third-order valence-corrected chi connectivity index (χ3v) is 11.8. The number of carbonyl (C=O) groups is 2. The number of carbonyl (C=O) groups excluding carboxylic acids is 2. The van der Waals surface area contributed by atoms with Crippen LogP contribution in [0.5, 0.6) is 0 Å². The molecule has 39 heavy (non-hydrogen) atoms. The zero-order valence-electron chi connectivity index (χ0n) is 23.3. The summed E-state index contributed by atoms with van der Waals surface area (Å²) in [5, 5.41) is 20.2. The molecule has 3 heterocycles. The molecule has 3 saturated heterocycles. The highest BCUT2D eigenvalue weighted by Gasteiger charge is 2.48. The quantitative estimate of drug-likeness (QED) is 0.409. The lowest BCUT2D eigenvalue weighted by atomic mass is 9.66. The maximum Gasteiger partial charge on any atom is 0.226 e. The Balaban J connectivity index is 1.16. The maximum atomic E-state index is 13.6. The predicted molar refractivity (Wildman–Crippen MR) is 151 cm³/mol. The van der Waals surface area contributed by atoms with Crippen LogP contribution in [0.1, 0.15) is 51.9 Å². The zero-order valence-corrected chi connectivity index (χ0v) is 24.9. The largest absolute Gasteiger partial charge is 0.381 e. The molecule has 12 atom stereocenters. The Hall–Kier alpha value is -1.09. The number of fused-ring (bicyclic) bond motifs is 1. The van der Waals surface area contributed by atoms with Crippen molar-refractivity contribution in [1.29, 1.82) is 5.26 Å². The number of nitrogens with zero attached hydrogens (tertiary/aromatic N) is 2. The van der Waals surface area contributed by atoms with E-state index in [0.717, 1.165) is 38.5 Å². The summed E-state index contributed by atoms with van der Waals surface area (Å²) >= 11 is 8.09. The second-order valence-electron chi connectivity index (χ2n) is 12.3. The maximum absolute atomic E-state index is 13.6. The van der Waals surface area contributed by atoms with E-state index in [9.17, 15) is 14.9 Å². The minimum atomic E-state index is -0.161. The Morgan fingerprint density at radius 3 is 2.56 bits per heavy atom. The average molecular weight is 582 g/mol. The second-order valence-corrected chi connectivity index (χ2v) is 14.2. The van der Waals surface area contributed by atoms with Crippen molar-refractivity contribution in [3.05, 3.63) is 0 Å². The fourth-order valence-electron chi connectivity index (χ4n) is 7.72. The standard InChI is InChI=1S/C28H44ClN5O4S/c1-15-8-18(19-9-16(11-30)4-7-23(19)37-2)20(12-31-15)26(35)33-28-32-22-13-34(14-25(22)39-28)27(36)17-5-6-21(29)24(10-17)38-3/h15-25,28,31-32H,4-10,12-14H2,1-3H3,(H,33,35). The molecule has 12 unspecified atom stereocenters. The third-order valence-electron chi connectivity index (χ3n) is 9.93. The highest BCUT2D eigenvalue weighted by atomic mass is 35.5. The summed E-state index contributed by atoms with van der Waals surface area (Å²) in [4.78, 5) is 28.9. The fraction of sp³-hybridized carbons (Fsp3) is 0.893. The number of halogens is 1. The molecule has 2 saturated carbocycles. The monoisotopic (exact) mass is 581 g/mol. The van der Waals surface area contributed by atoms with Gasteiger partial charge in [0.15, 0.2) is 0 Å². The molecule has 0 aromatic heterocycles. The molecule has 0 radical (unpaired) electrons. The molecule has 5 aliphatic rings. The normalized spacial score (nSPS) is 44.4. The number of methoxy groups -OCH3 is 2. The lowest BCUT2D eigenvalue weighted by Crippen LogP contribution is -2.55. The van der Waals surface area contributed by atoms with Crippen molar-refractivity contribution in [2.45, 2.75) is 92.3 Å². The first-order chi connectivity index (χ1) is 18.8. The molecular formula is C28H44ClN5O4S. The van der Waals surface area contributed by atoms with E-state index in [2.05, 4.69) is 28.9 Å². The molecule has 0 spiro atoms. The van der Waals surface area contributed by atoms with Crippen LogP contribution in [0.2, 0.25) is 0 Å². The van der Waals surface area contributed by atoms with Gasteiger partial charge < -0.3 is 25.0 Å². The van der Waals surface area contributed by atoms with Crippen molar-refractivity contribution in [2.75, 3.05) is 33.9 Å². The summed E-state index contributed by atoms with van der Waals surface area (Å²) < 4.78 is 11.4. The molecule has 5 fully saturated rings. The Bertz CT molecular complexity index is 924. The molecule has 5 rings (SSSR count). The number of hydrogen-bond acceptors (Lipinski definition) is 8. The van der Waals surface area contributed by atoms with Gasteiger partial charge in [-0.15, -0.1) is 23.4 Å². The van der Waals surface area contributed by atoms with Crippen molar-refractivity contribution in [3.63, 3.8) is 0 Å². The smallest absolute Gasteiger partial charge is 0.226 e. The summed E-state index contributed by atoms with van der Waals surface area (Å²) in [6.45, 7) is 4.18. The first-order valence-corrected chi connectivity index (χ1v) is 16.0. The molecular weight excluding hydrogens is 538 g/mol. The van der Waals surface area contributed by atoms with E-state index >= 15 is 0 Å². The van der Waals surface area contributed by atoms with Gasteiger partial charge in [0.25, 0.3) is 0 Å². The highest BCUT2D eigenvalue weighted by Crippen LogP contribution is 2.42. The lowest BCUT2D eigenvalue weighted by molar-refractivity contribution is -0.137. The minimum absolute atomic E-state index is 0.0213. The number of piperidine rings is 1. The topological polar surface area (TPSA) is 116 Å². The van der Waals surface area contributed by atoms with E-state index in [1.165, 1.54) is 0 Å². The summed E-state index contributed by atoms with van der Waals surface area (Å²) in [7, 11) is 3.43. The lowest BCUT2D eigenvalue weighted by Gasteiger charge is -2.44. The van der Waals surface area contributed by atoms with E-state index in [1.54, 1.807) is 26.0 Å². The van der Waals surface area contributed by atoms with Gasteiger partial charge in [0.2, 0.25) is 11.8 Å². The predicted octanol–water partition coefficient (Wildman–Crippen LogP) is 2.29. The molecule has 0 bridgehead atoms. The van der Waals surface area contributed by atoms with Crippen LogP contribution < -0.4 is 16.0 Å². The molecule has 3 aliphatic heterocycles. The van der Waals surface area contributed by atoms with Crippen molar-refractivity contribution >= 4 is 35.2 Å². The number of rotatable bonds is 6. The van der Waals surface area contributed by atoms with Crippen LogP contribution in [0.3, 0.4) is 0 Å². The third kappa shape index (κ3) is 6.39. The van der Waals surface area contributed by atoms with Crippen molar-refractivity contribution in [2.24, 2.45) is 29.6 Å². The number of likely N-dealkylation sites (tertiary alicyclic amines) is 1. The van der Waals surface area contributed by atoms with Gasteiger partial charge >= 0.3 is 0 Å². The highest BCUT2D eigenvalue weighted by molar-refractivity contribution is 8.00. The summed E-state index contributed by atoms with van der Waals surface area (Å²) in [6.07, 6.45) is 5.79. The van der Waals surface area contributed by atoms with E-state index in [-0.39, 0.29) is 75.8 Å². The molecule has 2 aliphatic carbocycles. The van der Waals surface area contributed by atoms with E-state index in [1.807, 2.05) is 4.90 Å². The van der Waals surface area contributed by atoms with Crippen molar-refractivity contribution in [3.8, 4) is 6.07 Å². The molecule has 0 aromatic rings. The molecule has 2 amide bonds. The molecule has 218 valence electrons. The van der Waals surface area contributed by atoms with Gasteiger partial charge in [0.1, 0.15) is 5.50 Å². The second kappa shape index (κ2) is 12.8. The summed E-state index contributed by atoms with van der Waals surface area (Å²) in [5.74, 6) is 0.516. The van der Waals surface area contributed by atoms with Crippen LogP contribution in [-0.4, -0.2) is 91.0 Å². The fourth-order valence-corrected chi connectivity index (χ4v) is 9.46. The summed E-state index contributed by atoms with van der Waals surface area (Å²) in [6, 6.07) is 2.97. The van der Waals surface area contributed by atoms with Crippen molar-refractivity contribution < 1.29 is 19.1 Å².